The summed E-state index contributed by atoms with van der Waals surface area (Å²) >= 11 is 0. The minimum Gasteiger partial charge on any atom is -0.347 e. The van der Waals surface area contributed by atoms with Gasteiger partial charge in [-0.25, -0.2) is 0 Å². The predicted octanol–water partition coefficient (Wildman–Crippen LogP) is 3.06. The molecule has 0 bridgehead atoms. The molecular formula is C15H12F12N2O4. The van der Waals surface area contributed by atoms with Crippen LogP contribution in [0.2, 0.25) is 0 Å². The van der Waals surface area contributed by atoms with E-state index in [2.05, 4.69) is 22.6 Å². The number of ether oxygens (including phenoxy) is 2. The van der Waals surface area contributed by atoms with E-state index in [1.807, 2.05) is 0 Å². The van der Waals surface area contributed by atoms with Crippen LogP contribution in [0.5, 0.6) is 0 Å². The van der Waals surface area contributed by atoms with Gasteiger partial charge in [0.15, 0.2) is 0 Å². The molecule has 6 nitrogen and oxygen atoms in total. The van der Waals surface area contributed by atoms with Gasteiger partial charge in [-0.3, -0.25) is 9.59 Å². The van der Waals surface area contributed by atoms with E-state index in [0.717, 1.165) is 0 Å². The van der Waals surface area contributed by atoms with Crippen LogP contribution in [0.4, 0.5) is 52.7 Å². The topological polar surface area (TPSA) is 76.7 Å². The van der Waals surface area contributed by atoms with Gasteiger partial charge in [0.05, 0.1) is 13.2 Å². The second kappa shape index (κ2) is 9.03. The quantitative estimate of drug-likeness (QED) is 0.451. The minimum absolute atomic E-state index is 0.204. The minimum atomic E-state index is -6.47. The molecule has 2 saturated heterocycles. The molecule has 0 spiro atoms. The van der Waals surface area contributed by atoms with Gasteiger partial charge in [0.25, 0.3) is 11.8 Å². The second-order valence-corrected chi connectivity index (χ2v) is 6.35. The lowest BCUT2D eigenvalue weighted by molar-refractivity contribution is -0.375. The molecule has 2 rings (SSSR count). The van der Waals surface area contributed by atoms with Crippen LogP contribution in [0.3, 0.4) is 0 Å². The van der Waals surface area contributed by atoms with Crippen LogP contribution in [0, 0.1) is 0 Å². The SMILES string of the molecule is C=C1COC(C(F)(F)C(F)(F)C(F)(F)F)NC1=O.C=C1COC(C(F)(F)C(F)(F)F)NC1=O. The Morgan fingerprint density at radius 2 is 0.970 bits per heavy atom. The van der Waals surface area contributed by atoms with Gasteiger partial charge in [-0.15, -0.1) is 0 Å². The van der Waals surface area contributed by atoms with E-state index in [-0.39, 0.29) is 11.1 Å². The molecule has 0 aromatic carbocycles. The normalized spacial score (nSPS) is 23.4. The molecule has 2 unspecified atom stereocenters. The Morgan fingerprint density at radius 3 is 1.24 bits per heavy atom. The summed E-state index contributed by atoms with van der Waals surface area (Å²) in [5, 5.41) is 2.58. The molecule has 2 amide bonds. The maximum Gasteiger partial charge on any atom is 0.460 e. The van der Waals surface area contributed by atoms with Crippen molar-refractivity contribution in [3.63, 3.8) is 0 Å². The smallest absolute Gasteiger partial charge is 0.347 e. The van der Waals surface area contributed by atoms with Crippen molar-refractivity contribution in [2.75, 3.05) is 13.2 Å². The van der Waals surface area contributed by atoms with Crippen molar-refractivity contribution >= 4 is 11.8 Å². The molecule has 2 aliphatic heterocycles. The molecular weight excluding hydrogens is 500 g/mol. The number of hydrogen-bond donors (Lipinski definition) is 2. The van der Waals surface area contributed by atoms with Gasteiger partial charge in [0.2, 0.25) is 12.5 Å². The molecule has 0 aliphatic carbocycles. The number of carbonyl (C=O) groups excluding carboxylic acids is 2. The summed E-state index contributed by atoms with van der Waals surface area (Å²) in [4.78, 5) is 21.7. The molecule has 2 fully saturated rings. The monoisotopic (exact) mass is 512 g/mol. The first-order valence-corrected chi connectivity index (χ1v) is 8.04. The summed E-state index contributed by atoms with van der Waals surface area (Å²) in [6.07, 6.45) is -18.0. The first-order valence-electron chi connectivity index (χ1n) is 8.04. The Morgan fingerprint density at radius 1 is 0.636 bits per heavy atom. The van der Waals surface area contributed by atoms with Gasteiger partial charge in [-0.2, -0.15) is 52.7 Å². The molecule has 190 valence electrons. The Labute approximate surface area is 175 Å². The van der Waals surface area contributed by atoms with Gasteiger partial charge >= 0.3 is 30.1 Å². The molecule has 0 saturated carbocycles. The van der Waals surface area contributed by atoms with E-state index >= 15 is 0 Å². The number of alkyl halides is 12. The van der Waals surface area contributed by atoms with Gasteiger partial charge in [-0.1, -0.05) is 13.2 Å². The van der Waals surface area contributed by atoms with E-state index in [1.54, 1.807) is 0 Å². The molecule has 33 heavy (non-hydrogen) atoms. The molecule has 2 N–H and O–H groups in total. The number of hydrogen-bond acceptors (Lipinski definition) is 4. The van der Waals surface area contributed by atoms with Crippen molar-refractivity contribution < 1.29 is 71.7 Å². The summed E-state index contributed by atoms with van der Waals surface area (Å²) < 4.78 is 156. The highest BCUT2D eigenvalue weighted by atomic mass is 19.4. The van der Waals surface area contributed by atoms with Crippen molar-refractivity contribution in [2.45, 2.75) is 42.6 Å². The fourth-order valence-corrected chi connectivity index (χ4v) is 1.92. The highest BCUT2D eigenvalue weighted by Gasteiger charge is 2.76. The highest BCUT2D eigenvalue weighted by molar-refractivity contribution is 5.94. The Balaban J connectivity index is 0.000000335. The van der Waals surface area contributed by atoms with Crippen LogP contribution in [0.1, 0.15) is 0 Å². The molecule has 18 heteroatoms. The first-order chi connectivity index (χ1) is 14.6. The van der Waals surface area contributed by atoms with E-state index in [0.29, 0.717) is 0 Å². The zero-order chi connectivity index (χ0) is 26.2. The average molecular weight is 512 g/mol. The lowest BCUT2D eigenvalue weighted by atomic mass is 10.1. The number of carbonyl (C=O) groups is 2. The predicted molar refractivity (Wildman–Crippen MR) is 81.0 cm³/mol. The van der Waals surface area contributed by atoms with Gasteiger partial charge in [0, 0.05) is 11.1 Å². The third kappa shape index (κ3) is 5.71. The third-order valence-corrected chi connectivity index (χ3v) is 3.83. The number of halogens is 12. The van der Waals surface area contributed by atoms with Gasteiger partial charge < -0.3 is 20.1 Å². The van der Waals surface area contributed by atoms with Crippen molar-refractivity contribution in [1.82, 2.24) is 10.6 Å². The molecule has 0 aromatic rings. The number of nitrogens with one attached hydrogen (secondary N) is 2. The van der Waals surface area contributed by atoms with Gasteiger partial charge in [0.1, 0.15) is 0 Å². The van der Waals surface area contributed by atoms with E-state index in [9.17, 15) is 62.3 Å². The fraction of sp³-hybridized carbons (Fsp3) is 0.600. The summed E-state index contributed by atoms with van der Waals surface area (Å²) in [6, 6.07) is 0. The lowest BCUT2D eigenvalue weighted by Crippen LogP contribution is -2.64. The van der Waals surface area contributed by atoms with Crippen molar-refractivity contribution in [2.24, 2.45) is 0 Å². The summed E-state index contributed by atoms with van der Waals surface area (Å²) in [7, 11) is 0. The third-order valence-electron chi connectivity index (χ3n) is 3.83. The van der Waals surface area contributed by atoms with Gasteiger partial charge in [-0.05, 0) is 0 Å². The maximum absolute atomic E-state index is 13.0. The summed E-state index contributed by atoms with van der Waals surface area (Å²) in [6.45, 7) is 4.63. The molecule has 0 aromatic heterocycles. The van der Waals surface area contributed by atoms with E-state index in [4.69, 9.17) is 0 Å². The standard InChI is InChI=1S/C8H6F7NO2.C7H6F5NO2/c1-3-2-18-5(16-4(3)17)6(9,10)7(11,12)8(13,14)15;1-3-2-15-5(13-4(3)14)6(8,9)7(10,11)12/h5H,1-2H2,(H,16,17);5H,1-2H2,(H,13,14). The Hall–Kier alpha value is -2.50. The van der Waals surface area contributed by atoms with Crippen molar-refractivity contribution in [1.29, 1.82) is 0 Å². The maximum atomic E-state index is 13.0. The Bertz CT molecular complexity index is 806. The molecule has 2 aliphatic rings. The van der Waals surface area contributed by atoms with Crippen molar-refractivity contribution in [3.05, 3.63) is 24.3 Å². The van der Waals surface area contributed by atoms with Crippen molar-refractivity contribution in [3.8, 4) is 0 Å². The zero-order valence-corrected chi connectivity index (χ0v) is 15.7. The van der Waals surface area contributed by atoms with Crippen LogP contribution < -0.4 is 10.6 Å². The highest BCUT2D eigenvalue weighted by Crippen LogP contribution is 2.48. The number of amides is 2. The van der Waals surface area contributed by atoms with Crippen LogP contribution in [0.15, 0.2) is 24.3 Å². The summed E-state index contributed by atoms with van der Waals surface area (Å²) in [5.41, 5.74) is -0.568. The molecule has 0 radical (unpaired) electrons. The lowest BCUT2D eigenvalue weighted by Gasteiger charge is -2.36. The number of rotatable bonds is 3. The van der Waals surface area contributed by atoms with E-state index < -0.39 is 67.6 Å². The van der Waals surface area contributed by atoms with E-state index in [1.165, 1.54) is 10.6 Å². The van der Waals surface area contributed by atoms with Crippen LogP contribution in [0.25, 0.3) is 0 Å². The molecule has 2 heterocycles. The molecule has 2 atom stereocenters. The summed E-state index contributed by atoms with van der Waals surface area (Å²) in [5.74, 6) is -19.4. The van der Waals surface area contributed by atoms with Crippen LogP contribution >= 0.6 is 0 Å². The second-order valence-electron chi connectivity index (χ2n) is 6.35. The van der Waals surface area contributed by atoms with Crippen LogP contribution in [-0.4, -0.2) is 67.6 Å². The average Bonchev–Trinajstić information content (AvgIpc) is 2.64. The van der Waals surface area contributed by atoms with Crippen LogP contribution in [-0.2, 0) is 19.1 Å². The largest absolute Gasteiger partial charge is 0.460 e. The zero-order valence-electron chi connectivity index (χ0n) is 15.7. The Kier molecular flexibility index (Phi) is 7.81. The fourth-order valence-electron chi connectivity index (χ4n) is 1.92. The first kappa shape index (κ1) is 28.5.